The minimum absolute atomic E-state index is 0.334. The van der Waals surface area contributed by atoms with Crippen molar-refractivity contribution in [2.75, 3.05) is 20.1 Å². The van der Waals surface area contributed by atoms with Crippen LogP contribution in [-0.4, -0.2) is 53.6 Å². The molecule has 1 aliphatic carbocycles. The summed E-state index contributed by atoms with van der Waals surface area (Å²) in [7, 11) is 1.94. The predicted molar refractivity (Wildman–Crippen MR) is 125 cm³/mol. The molecule has 0 amide bonds. The number of benzene rings is 1. The van der Waals surface area contributed by atoms with Crippen LogP contribution in [0.15, 0.2) is 30.3 Å². The van der Waals surface area contributed by atoms with Gasteiger partial charge in [-0.2, -0.15) is 5.10 Å². The first-order valence-electron chi connectivity index (χ1n) is 12.3. The fraction of sp³-hybridized carbons (Fsp3) is 0.615. The molecule has 0 spiro atoms. The van der Waals surface area contributed by atoms with Crippen molar-refractivity contribution in [1.29, 1.82) is 0 Å². The minimum Gasteiger partial charge on any atom is -0.490 e. The van der Waals surface area contributed by atoms with Crippen molar-refractivity contribution in [1.82, 2.24) is 15.1 Å². The Morgan fingerprint density at radius 1 is 1.03 bits per heavy atom. The maximum Gasteiger partial charge on any atom is 0.234 e. The Kier molecular flexibility index (Phi) is 7.95. The molecule has 5 nitrogen and oxygen atoms in total. The first-order valence-corrected chi connectivity index (χ1v) is 12.3. The third kappa shape index (κ3) is 5.97. The van der Waals surface area contributed by atoms with Gasteiger partial charge < -0.3 is 14.4 Å². The van der Waals surface area contributed by atoms with Crippen molar-refractivity contribution < 1.29 is 13.9 Å². The molecule has 1 saturated heterocycles. The van der Waals surface area contributed by atoms with Gasteiger partial charge in [-0.3, -0.25) is 0 Å². The Morgan fingerprint density at radius 2 is 1.81 bits per heavy atom. The van der Waals surface area contributed by atoms with Crippen LogP contribution in [-0.2, 0) is 6.42 Å². The lowest BCUT2D eigenvalue weighted by molar-refractivity contribution is 0.0281. The summed E-state index contributed by atoms with van der Waals surface area (Å²) in [6, 6.07) is 10.2. The lowest BCUT2D eigenvalue weighted by atomic mass is 9.97. The SMILES string of the molecule is CCCCc1nnc(O[C@H]2CCN(C)C[C@H]2F)cc1-c1ccc(OC2CCCCC2)cc1. The number of nitrogens with zero attached hydrogens (tertiary/aromatic N) is 3. The number of aromatic nitrogens is 2. The van der Waals surface area contributed by atoms with Gasteiger partial charge in [0.15, 0.2) is 0 Å². The largest absolute Gasteiger partial charge is 0.490 e. The summed E-state index contributed by atoms with van der Waals surface area (Å²) in [5, 5.41) is 8.76. The summed E-state index contributed by atoms with van der Waals surface area (Å²) in [5.74, 6) is 1.32. The number of piperidine rings is 1. The van der Waals surface area contributed by atoms with Gasteiger partial charge in [-0.05, 0) is 69.7 Å². The van der Waals surface area contributed by atoms with E-state index >= 15 is 0 Å². The molecular formula is C26H36FN3O2. The van der Waals surface area contributed by atoms with E-state index in [9.17, 15) is 4.39 Å². The van der Waals surface area contributed by atoms with Gasteiger partial charge in [0.2, 0.25) is 5.88 Å². The predicted octanol–water partition coefficient (Wildman–Crippen LogP) is 5.62. The summed E-state index contributed by atoms with van der Waals surface area (Å²) in [4.78, 5) is 1.99. The van der Waals surface area contributed by atoms with Crippen LogP contribution in [0.3, 0.4) is 0 Å². The summed E-state index contributed by atoms with van der Waals surface area (Å²) in [6.45, 7) is 3.38. The Hall–Kier alpha value is -2.21. The first-order chi connectivity index (χ1) is 15.6. The second-order valence-corrected chi connectivity index (χ2v) is 9.27. The Labute approximate surface area is 191 Å². The van der Waals surface area contributed by atoms with Crippen molar-refractivity contribution in [3.8, 4) is 22.8 Å². The van der Waals surface area contributed by atoms with E-state index < -0.39 is 12.3 Å². The van der Waals surface area contributed by atoms with Gasteiger partial charge in [0.25, 0.3) is 0 Å². The first kappa shape index (κ1) is 23.0. The van der Waals surface area contributed by atoms with Crippen molar-refractivity contribution in [3.05, 3.63) is 36.0 Å². The van der Waals surface area contributed by atoms with Gasteiger partial charge >= 0.3 is 0 Å². The highest BCUT2D eigenvalue weighted by Crippen LogP contribution is 2.30. The van der Waals surface area contributed by atoms with E-state index in [1.54, 1.807) is 0 Å². The van der Waals surface area contributed by atoms with Crippen LogP contribution in [0.2, 0.25) is 0 Å². The van der Waals surface area contributed by atoms with Crippen LogP contribution >= 0.6 is 0 Å². The van der Waals surface area contributed by atoms with Gasteiger partial charge in [-0.15, -0.1) is 5.10 Å². The Balaban J connectivity index is 1.51. The van der Waals surface area contributed by atoms with E-state index in [0.29, 0.717) is 24.9 Å². The summed E-state index contributed by atoms with van der Waals surface area (Å²) >= 11 is 0. The molecule has 2 fully saturated rings. The molecule has 2 heterocycles. The molecule has 1 aliphatic heterocycles. The zero-order valence-electron chi connectivity index (χ0n) is 19.4. The maximum absolute atomic E-state index is 14.5. The van der Waals surface area contributed by atoms with E-state index in [1.807, 2.05) is 30.1 Å². The molecule has 2 aromatic rings. The van der Waals surface area contributed by atoms with Crippen molar-refractivity contribution >= 4 is 0 Å². The standard InChI is InChI=1S/C26H36FN3O2/c1-3-4-10-24-22(17-26(29-28-24)32-25-15-16-30(2)18-23(25)27)19-11-13-21(14-12-19)31-20-8-6-5-7-9-20/h11-14,17,20,23,25H,3-10,15-16,18H2,1-2H3/t23-,25+/m1/s1. The summed E-state index contributed by atoms with van der Waals surface area (Å²) < 4.78 is 26.6. The monoisotopic (exact) mass is 441 g/mol. The van der Waals surface area contributed by atoms with E-state index in [2.05, 4.69) is 29.3 Å². The lowest BCUT2D eigenvalue weighted by Crippen LogP contribution is -2.45. The second kappa shape index (κ2) is 11.1. The molecule has 0 bridgehead atoms. The number of ether oxygens (including phenoxy) is 2. The molecule has 1 aromatic carbocycles. The van der Waals surface area contributed by atoms with Crippen LogP contribution in [0.25, 0.3) is 11.1 Å². The van der Waals surface area contributed by atoms with E-state index in [0.717, 1.165) is 61.2 Å². The number of unbranched alkanes of at least 4 members (excludes halogenated alkanes) is 1. The fourth-order valence-corrected chi connectivity index (χ4v) is 4.65. The molecule has 1 aromatic heterocycles. The van der Waals surface area contributed by atoms with Gasteiger partial charge in [0.1, 0.15) is 18.0 Å². The normalized spacial score (nSPS) is 22.6. The Bertz CT molecular complexity index is 855. The van der Waals surface area contributed by atoms with Crippen molar-refractivity contribution in [2.45, 2.75) is 83.1 Å². The molecule has 4 rings (SSSR count). The molecule has 0 N–H and O–H groups in total. The lowest BCUT2D eigenvalue weighted by Gasteiger charge is -2.32. The topological polar surface area (TPSA) is 47.5 Å². The number of aryl methyl sites for hydroxylation is 1. The quantitative estimate of drug-likeness (QED) is 0.532. The van der Waals surface area contributed by atoms with Gasteiger partial charge in [0.05, 0.1) is 11.8 Å². The Morgan fingerprint density at radius 3 is 2.53 bits per heavy atom. The van der Waals surface area contributed by atoms with Crippen LogP contribution in [0.4, 0.5) is 4.39 Å². The molecule has 0 unspecified atom stereocenters. The average Bonchev–Trinajstić information content (AvgIpc) is 2.81. The fourth-order valence-electron chi connectivity index (χ4n) is 4.65. The third-order valence-electron chi connectivity index (χ3n) is 6.59. The van der Waals surface area contributed by atoms with Gasteiger partial charge in [0, 0.05) is 24.7 Å². The molecule has 2 aliphatic rings. The number of rotatable bonds is 8. The summed E-state index contributed by atoms with van der Waals surface area (Å²) in [6.07, 6.45) is 8.61. The summed E-state index contributed by atoms with van der Waals surface area (Å²) in [5.41, 5.74) is 3.03. The number of halogens is 1. The zero-order valence-corrected chi connectivity index (χ0v) is 19.4. The highest BCUT2D eigenvalue weighted by atomic mass is 19.1. The van der Waals surface area contributed by atoms with Crippen LogP contribution in [0.5, 0.6) is 11.6 Å². The molecule has 2 atom stereocenters. The third-order valence-corrected chi connectivity index (χ3v) is 6.59. The van der Waals surface area contributed by atoms with Crippen LogP contribution < -0.4 is 9.47 Å². The van der Waals surface area contributed by atoms with E-state index in [1.165, 1.54) is 19.3 Å². The van der Waals surface area contributed by atoms with E-state index in [4.69, 9.17) is 9.47 Å². The van der Waals surface area contributed by atoms with E-state index in [-0.39, 0.29) is 0 Å². The molecule has 0 radical (unpaired) electrons. The molecular weight excluding hydrogens is 405 g/mol. The smallest absolute Gasteiger partial charge is 0.234 e. The second-order valence-electron chi connectivity index (χ2n) is 9.27. The minimum atomic E-state index is -1.02. The maximum atomic E-state index is 14.5. The number of hydrogen-bond donors (Lipinski definition) is 0. The molecule has 1 saturated carbocycles. The van der Waals surface area contributed by atoms with Crippen molar-refractivity contribution in [3.63, 3.8) is 0 Å². The van der Waals surface area contributed by atoms with Gasteiger partial charge in [-0.1, -0.05) is 31.9 Å². The highest BCUT2D eigenvalue weighted by Gasteiger charge is 2.30. The number of hydrogen-bond acceptors (Lipinski definition) is 5. The van der Waals surface area contributed by atoms with Crippen LogP contribution in [0, 0.1) is 0 Å². The van der Waals surface area contributed by atoms with Gasteiger partial charge in [-0.25, -0.2) is 4.39 Å². The molecule has 174 valence electrons. The number of likely N-dealkylation sites (tertiary alicyclic amines) is 1. The van der Waals surface area contributed by atoms with Crippen molar-refractivity contribution in [2.24, 2.45) is 0 Å². The van der Waals surface area contributed by atoms with Crippen LogP contribution in [0.1, 0.15) is 64.0 Å². The highest BCUT2D eigenvalue weighted by molar-refractivity contribution is 5.67. The molecule has 32 heavy (non-hydrogen) atoms. The average molecular weight is 442 g/mol. The number of alkyl halides is 1. The zero-order chi connectivity index (χ0) is 22.3. The molecule has 6 heteroatoms.